The Hall–Kier alpha value is -2.82. The molecule has 5 nitrogen and oxygen atoms in total. The monoisotopic (exact) mass is 368 g/mol. The third kappa shape index (κ3) is 6.44. The van der Waals surface area contributed by atoms with Crippen molar-refractivity contribution < 1.29 is 14.3 Å². The molecule has 2 aromatic carbocycles. The molecule has 1 unspecified atom stereocenters. The van der Waals surface area contributed by atoms with E-state index >= 15 is 0 Å². The molecule has 0 aromatic heterocycles. The summed E-state index contributed by atoms with van der Waals surface area (Å²) in [6.07, 6.45) is -0.609. The van der Waals surface area contributed by atoms with Gasteiger partial charge in [0.15, 0.2) is 6.10 Å². The summed E-state index contributed by atoms with van der Waals surface area (Å²) in [6, 6.07) is 15.1. The molecule has 0 fully saturated rings. The molecule has 2 aromatic rings. The van der Waals surface area contributed by atoms with Gasteiger partial charge in [-0.1, -0.05) is 43.7 Å². The summed E-state index contributed by atoms with van der Waals surface area (Å²) < 4.78 is 5.67. The van der Waals surface area contributed by atoms with Crippen molar-refractivity contribution in [1.29, 1.82) is 0 Å². The van der Waals surface area contributed by atoms with Gasteiger partial charge < -0.3 is 15.4 Å². The smallest absolute Gasteiger partial charge is 0.260 e. The number of hydrogen-bond acceptors (Lipinski definition) is 3. The molecule has 0 saturated carbocycles. The number of benzene rings is 2. The van der Waals surface area contributed by atoms with Crippen LogP contribution in [-0.4, -0.2) is 31.0 Å². The molecule has 5 heteroatoms. The highest BCUT2D eigenvalue weighted by molar-refractivity contribution is 5.94. The Labute approximate surface area is 161 Å². The Kier molecular flexibility index (Phi) is 7.41. The van der Waals surface area contributed by atoms with Gasteiger partial charge in [-0.2, -0.15) is 0 Å². The van der Waals surface area contributed by atoms with Gasteiger partial charge in [0.1, 0.15) is 5.75 Å². The number of nitrogens with one attached hydrogen (secondary N) is 2. The summed E-state index contributed by atoms with van der Waals surface area (Å²) in [5.41, 5.74) is 2.87. The van der Waals surface area contributed by atoms with E-state index in [1.807, 2.05) is 49.4 Å². The first-order chi connectivity index (χ1) is 12.9. The van der Waals surface area contributed by atoms with Gasteiger partial charge in [-0.3, -0.25) is 9.59 Å². The Morgan fingerprint density at radius 3 is 2.26 bits per heavy atom. The van der Waals surface area contributed by atoms with Gasteiger partial charge in [0.2, 0.25) is 0 Å². The average Bonchev–Trinajstić information content (AvgIpc) is 2.65. The summed E-state index contributed by atoms with van der Waals surface area (Å²) in [6.45, 7) is 8.60. The zero-order chi connectivity index (χ0) is 19.8. The molecule has 1 atom stereocenters. The number of hydrogen-bond donors (Lipinski definition) is 2. The van der Waals surface area contributed by atoms with Crippen LogP contribution in [0.5, 0.6) is 5.75 Å². The summed E-state index contributed by atoms with van der Waals surface area (Å²) in [5, 5.41) is 5.56. The molecule has 0 aliphatic rings. The van der Waals surface area contributed by atoms with Crippen molar-refractivity contribution in [3.63, 3.8) is 0 Å². The minimum atomic E-state index is -0.609. The van der Waals surface area contributed by atoms with E-state index in [2.05, 4.69) is 24.5 Å². The second-order valence-electron chi connectivity index (χ2n) is 6.90. The number of carbonyl (C=O) groups is 2. The van der Waals surface area contributed by atoms with Gasteiger partial charge in [0, 0.05) is 18.7 Å². The van der Waals surface area contributed by atoms with Crippen LogP contribution < -0.4 is 15.4 Å². The van der Waals surface area contributed by atoms with Crippen LogP contribution in [-0.2, 0) is 4.79 Å². The first-order valence-electron chi connectivity index (χ1n) is 9.26. The van der Waals surface area contributed by atoms with E-state index in [0.717, 1.165) is 5.56 Å². The first kappa shape index (κ1) is 20.5. The van der Waals surface area contributed by atoms with Crippen LogP contribution in [0.3, 0.4) is 0 Å². The van der Waals surface area contributed by atoms with E-state index in [1.165, 1.54) is 5.56 Å². The molecule has 0 heterocycles. The molecule has 2 N–H and O–H groups in total. The van der Waals surface area contributed by atoms with E-state index in [-0.39, 0.29) is 11.8 Å². The number of amides is 2. The second-order valence-corrected chi connectivity index (χ2v) is 6.90. The molecule has 0 spiro atoms. The maximum atomic E-state index is 12.1. The molecule has 144 valence electrons. The van der Waals surface area contributed by atoms with Crippen molar-refractivity contribution in [2.45, 2.75) is 39.7 Å². The molecule has 0 aliphatic heterocycles. The molecule has 2 amide bonds. The lowest BCUT2D eigenvalue weighted by Gasteiger charge is -2.15. The standard InChI is InChI=1S/C22H28N2O3/c1-15(2)18-8-10-20(11-9-18)27-17(4)21(25)23-12-13-24-22(26)19-7-5-6-16(3)14-19/h5-11,14-15,17H,12-13H2,1-4H3,(H,23,25)(H,24,26). The summed E-state index contributed by atoms with van der Waals surface area (Å²) in [4.78, 5) is 24.2. The fourth-order valence-electron chi connectivity index (χ4n) is 2.58. The minimum absolute atomic E-state index is 0.150. The van der Waals surface area contributed by atoms with Crippen LogP contribution in [0.15, 0.2) is 48.5 Å². The van der Waals surface area contributed by atoms with Crippen LogP contribution in [0.2, 0.25) is 0 Å². The fraction of sp³-hybridized carbons (Fsp3) is 0.364. The van der Waals surface area contributed by atoms with Gasteiger partial charge in [-0.15, -0.1) is 0 Å². The minimum Gasteiger partial charge on any atom is -0.481 e. The normalized spacial score (nSPS) is 11.7. The van der Waals surface area contributed by atoms with E-state index in [4.69, 9.17) is 4.74 Å². The third-order valence-corrected chi connectivity index (χ3v) is 4.22. The van der Waals surface area contributed by atoms with Gasteiger partial charge in [-0.05, 0) is 49.6 Å². The maximum absolute atomic E-state index is 12.1. The van der Waals surface area contributed by atoms with Crippen molar-refractivity contribution in [1.82, 2.24) is 10.6 Å². The summed E-state index contributed by atoms with van der Waals surface area (Å²) >= 11 is 0. The van der Waals surface area contributed by atoms with Gasteiger partial charge >= 0.3 is 0 Å². The summed E-state index contributed by atoms with van der Waals surface area (Å²) in [7, 11) is 0. The van der Waals surface area contributed by atoms with Crippen LogP contribution in [0.25, 0.3) is 0 Å². The van der Waals surface area contributed by atoms with Crippen LogP contribution in [0, 0.1) is 6.92 Å². The van der Waals surface area contributed by atoms with Gasteiger partial charge in [0.25, 0.3) is 11.8 Å². The first-order valence-corrected chi connectivity index (χ1v) is 9.26. The maximum Gasteiger partial charge on any atom is 0.260 e. The molecular weight excluding hydrogens is 340 g/mol. The van der Waals surface area contributed by atoms with E-state index in [9.17, 15) is 9.59 Å². The Bertz CT molecular complexity index is 769. The van der Waals surface area contributed by atoms with Gasteiger partial charge in [-0.25, -0.2) is 0 Å². The van der Waals surface area contributed by atoms with Crippen molar-refractivity contribution in [3.05, 3.63) is 65.2 Å². The predicted octanol–water partition coefficient (Wildman–Crippen LogP) is 3.43. The van der Waals surface area contributed by atoms with Crippen molar-refractivity contribution in [2.24, 2.45) is 0 Å². The Morgan fingerprint density at radius 2 is 1.63 bits per heavy atom. The molecule has 0 radical (unpaired) electrons. The molecular formula is C22H28N2O3. The van der Waals surface area contributed by atoms with Crippen molar-refractivity contribution >= 4 is 11.8 Å². The highest BCUT2D eigenvalue weighted by atomic mass is 16.5. The van der Waals surface area contributed by atoms with Crippen molar-refractivity contribution in [2.75, 3.05) is 13.1 Å². The lowest BCUT2D eigenvalue weighted by atomic mass is 10.0. The van der Waals surface area contributed by atoms with Crippen LogP contribution in [0.1, 0.15) is 48.2 Å². The molecule has 2 rings (SSSR count). The fourth-order valence-corrected chi connectivity index (χ4v) is 2.58. The average molecular weight is 368 g/mol. The zero-order valence-corrected chi connectivity index (χ0v) is 16.4. The molecule has 27 heavy (non-hydrogen) atoms. The lowest BCUT2D eigenvalue weighted by molar-refractivity contribution is -0.127. The lowest BCUT2D eigenvalue weighted by Crippen LogP contribution is -2.40. The largest absolute Gasteiger partial charge is 0.481 e. The predicted molar refractivity (Wildman–Crippen MR) is 107 cm³/mol. The number of aryl methyl sites for hydroxylation is 1. The Morgan fingerprint density at radius 1 is 0.963 bits per heavy atom. The second kappa shape index (κ2) is 9.76. The van der Waals surface area contributed by atoms with E-state index in [0.29, 0.717) is 30.3 Å². The highest BCUT2D eigenvalue weighted by Gasteiger charge is 2.14. The van der Waals surface area contributed by atoms with Gasteiger partial charge in [0.05, 0.1) is 0 Å². The Balaban J connectivity index is 1.72. The summed E-state index contributed by atoms with van der Waals surface area (Å²) in [5.74, 6) is 0.750. The topological polar surface area (TPSA) is 67.4 Å². The van der Waals surface area contributed by atoms with Crippen LogP contribution >= 0.6 is 0 Å². The quantitative estimate of drug-likeness (QED) is 0.702. The third-order valence-electron chi connectivity index (χ3n) is 4.22. The number of rotatable bonds is 8. The van der Waals surface area contributed by atoms with Crippen molar-refractivity contribution in [3.8, 4) is 5.75 Å². The molecule has 0 aliphatic carbocycles. The highest BCUT2D eigenvalue weighted by Crippen LogP contribution is 2.19. The van der Waals surface area contributed by atoms with E-state index in [1.54, 1.807) is 13.0 Å². The zero-order valence-electron chi connectivity index (χ0n) is 16.4. The van der Waals surface area contributed by atoms with Crippen LogP contribution in [0.4, 0.5) is 0 Å². The van der Waals surface area contributed by atoms with E-state index < -0.39 is 6.10 Å². The molecule has 0 saturated heterocycles. The number of carbonyl (C=O) groups excluding carboxylic acids is 2. The molecule has 0 bridgehead atoms. The number of ether oxygens (including phenoxy) is 1. The SMILES string of the molecule is Cc1cccc(C(=O)NCCNC(=O)C(C)Oc2ccc(C(C)C)cc2)c1.